The third-order valence-electron chi connectivity index (χ3n) is 5.41. The molecule has 0 aliphatic carbocycles. The standard InChI is InChI=1S/C22H22O13/c1-11(23)30-14-8-22(35-21(27)28-9-13-6-4-3-5-7-13)19(25)33-17(15-10-29-20(26)32-15)18(34-22)16(14)31-12(2)24/h3-7,14-18H,8-10H2,1-2H3/t14-,15+,16+,17+,18+,22+/m0/s1. The van der Waals surface area contributed by atoms with E-state index in [1.807, 2.05) is 0 Å². The van der Waals surface area contributed by atoms with Gasteiger partial charge in [0.15, 0.2) is 18.3 Å². The number of carbonyl (C=O) groups is 5. The molecule has 1 aromatic rings. The van der Waals surface area contributed by atoms with Crippen LogP contribution in [0, 0.1) is 0 Å². The van der Waals surface area contributed by atoms with E-state index in [4.69, 9.17) is 37.9 Å². The van der Waals surface area contributed by atoms with Crippen LogP contribution in [0.2, 0.25) is 0 Å². The Morgan fingerprint density at radius 1 is 1.00 bits per heavy atom. The van der Waals surface area contributed by atoms with Crippen molar-refractivity contribution >= 4 is 30.2 Å². The number of rotatable bonds is 6. The van der Waals surface area contributed by atoms with Crippen LogP contribution in [0.3, 0.4) is 0 Å². The van der Waals surface area contributed by atoms with Gasteiger partial charge in [-0.25, -0.2) is 14.4 Å². The summed E-state index contributed by atoms with van der Waals surface area (Å²) in [6.07, 6.45) is -9.16. The zero-order valence-corrected chi connectivity index (χ0v) is 18.7. The summed E-state index contributed by atoms with van der Waals surface area (Å²) in [6, 6.07) is 8.70. The van der Waals surface area contributed by atoms with Crippen molar-refractivity contribution in [1.82, 2.24) is 0 Å². The molecule has 13 nitrogen and oxygen atoms in total. The van der Waals surface area contributed by atoms with Gasteiger partial charge in [-0.2, -0.15) is 0 Å². The molecule has 0 spiro atoms. The molecule has 3 aliphatic heterocycles. The molecule has 0 radical (unpaired) electrons. The van der Waals surface area contributed by atoms with Crippen molar-refractivity contribution in [1.29, 1.82) is 0 Å². The molecule has 0 amide bonds. The summed E-state index contributed by atoms with van der Waals surface area (Å²) in [4.78, 5) is 60.5. The molecule has 0 saturated carbocycles. The summed E-state index contributed by atoms with van der Waals surface area (Å²) < 4.78 is 41.9. The molecule has 4 rings (SSSR count). The predicted molar refractivity (Wildman–Crippen MR) is 107 cm³/mol. The summed E-state index contributed by atoms with van der Waals surface area (Å²) >= 11 is 0. The first-order valence-corrected chi connectivity index (χ1v) is 10.6. The van der Waals surface area contributed by atoms with E-state index in [-0.39, 0.29) is 13.2 Å². The number of hydrogen-bond acceptors (Lipinski definition) is 13. The summed E-state index contributed by atoms with van der Waals surface area (Å²) in [7, 11) is 0. The molecule has 3 fully saturated rings. The van der Waals surface area contributed by atoms with Crippen molar-refractivity contribution in [2.45, 2.75) is 63.2 Å². The smallest absolute Gasteiger partial charge is 0.458 e. The van der Waals surface area contributed by atoms with Crippen LogP contribution in [0.5, 0.6) is 0 Å². The summed E-state index contributed by atoms with van der Waals surface area (Å²) in [6.45, 7) is 1.79. The summed E-state index contributed by atoms with van der Waals surface area (Å²) in [5.41, 5.74) is 0.659. The molecule has 6 atom stereocenters. The van der Waals surface area contributed by atoms with Gasteiger partial charge in [-0.3, -0.25) is 9.59 Å². The fourth-order valence-electron chi connectivity index (χ4n) is 4.03. The van der Waals surface area contributed by atoms with Crippen molar-refractivity contribution in [2.75, 3.05) is 6.61 Å². The maximum Gasteiger partial charge on any atom is 0.511 e. The van der Waals surface area contributed by atoms with Crippen molar-refractivity contribution in [3.8, 4) is 0 Å². The molecule has 13 heteroatoms. The minimum absolute atomic E-state index is 0.157. The Balaban J connectivity index is 1.59. The zero-order valence-electron chi connectivity index (χ0n) is 18.7. The van der Waals surface area contributed by atoms with Crippen LogP contribution in [0.15, 0.2) is 30.3 Å². The van der Waals surface area contributed by atoms with Gasteiger partial charge in [-0.15, -0.1) is 0 Å². The Morgan fingerprint density at radius 3 is 2.34 bits per heavy atom. The molecule has 3 saturated heterocycles. The first kappa shape index (κ1) is 24.3. The van der Waals surface area contributed by atoms with Crippen molar-refractivity contribution in [3.05, 3.63) is 35.9 Å². The van der Waals surface area contributed by atoms with Gasteiger partial charge in [0.25, 0.3) is 0 Å². The fraction of sp³-hybridized carbons (Fsp3) is 0.500. The molecular weight excluding hydrogens is 472 g/mol. The lowest BCUT2D eigenvalue weighted by atomic mass is 9.88. The van der Waals surface area contributed by atoms with E-state index in [0.29, 0.717) is 5.56 Å². The molecule has 35 heavy (non-hydrogen) atoms. The van der Waals surface area contributed by atoms with E-state index in [0.717, 1.165) is 13.8 Å². The summed E-state index contributed by atoms with van der Waals surface area (Å²) in [5.74, 6) is -5.04. The molecule has 3 heterocycles. The topological polar surface area (TPSA) is 159 Å². The van der Waals surface area contributed by atoms with Gasteiger partial charge in [0.05, 0.1) is 6.42 Å². The van der Waals surface area contributed by atoms with Gasteiger partial charge >= 0.3 is 36.0 Å². The van der Waals surface area contributed by atoms with Crippen molar-refractivity contribution in [2.24, 2.45) is 0 Å². The quantitative estimate of drug-likeness (QED) is 0.410. The Hall–Kier alpha value is -3.87. The molecule has 2 bridgehead atoms. The van der Waals surface area contributed by atoms with Crippen molar-refractivity contribution < 1.29 is 61.9 Å². The first-order valence-electron chi connectivity index (χ1n) is 10.6. The fourth-order valence-corrected chi connectivity index (χ4v) is 4.03. The highest BCUT2D eigenvalue weighted by atomic mass is 16.8. The van der Waals surface area contributed by atoms with Gasteiger partial charge in [-0.05, 0) is 5.56 Å². The second kappa shape index (κ2) is 9.78. The Morgan fingerprint density at radius 2 is 1.71 bits per heavy atom. The second-order valence-corrected chi connectivity index (χ2v) is 7.98. The van der Waals surface area contributed by atoms with Gasteiger partial charge in [0.1, 0.15) is 25.4 Å². The number of benzene rings is 1. The average Bonchev–Trinajstić information content (AvgIpc) is 3.23. The van der Waals surface area contributed by atoms with Crippen LogP contribution >= 0.6 is 0 Å². The van der Waals surface area contributed by atoms with Gasteiger partial charge in [0, 0.05) is 13.8 Å². The Bertz CT molecular complexity index is 1010. The van der Waals surface area contributed by atoms with Gasteiger partial charge in [0.2, 0.25) is 0 Å². The maximum atomic E-state index is 13.0. The third kappa shape index (κ3) is 5.29. The van der Waals surface area contributed by atoms with E-state index in [9.17, 15) is 24.0 Å². The SMILES string of the molecule is CC(=O)O[C@H]1[C@H]2O[C@@](OC(=O)OCc3ccccc3)(C[C@@H]1OC(C)=O)C(=O)O[C@@H]2[C@H]1COC(=O)O1. The highest BCUT2D eigenvalue weighted by Crippen LogP contribution is 2.42. The second-order valence-electron chi connectivity index (χ2n) is 7.98. The lowest BCUT2D eigenvalue weighted by Gasteiger charge is -2.50. The largest absolute Gasteiger partial charge is 0.511 e. The zero-order chi connectivity index (χ0) is 25.2. The van der Waals surface area contributed by atoms with Crippen LogP contribution in [0.25, 0.3) is 0 Å². The minimum atomic E-state index is -2.38. The van der Waals surface area contributed by atoms with Gasteiger partial charge in [-0.1, -0.05) is 30.3 Å². The summed E-state index contributed by atoms with van der Waals surface area (Å²) in [5, 5.41) is 0. The van der Waals surface area contributed by atoms with Crippen molar-refractivity contribution in [3.63, 3.8) is 0 Å². The molecule has 3 aliphatic rings. The predicted octanol–water partition coefficient (Wildman–Crippen LogP) is 1.15. The lowest BCUT2D eigenvalue weighted by Crippen LogP contribution is -2.70. The van der Waals surface area contributed by atoms with E-state index >= 15 is 0 Å². The van der Waals surface area contributed by atoms with E-state index in [2.05, 4.69) is 0 Å². The lowest BCUT2D eigenvalue weighted by molar-refractivity contribution is -0.345. The molecule has 0 N–H and O–H groups in total. The van der Waals surface area contributed by atoms with E-state index in [1.165, 1.54) is 0 Å². The Labute approximate surface area is 198 Å². The Kier molecular flexibility index (Phi) is 6.78. The monoisotopic (exact) mass is 494 g/mol. The number of hydrogen-bond donors (Lipinski definition) is 0. The molecule has 0 aromatic heterocycles. The number of esters is 3. The molecular formula is C22H22O13. The maximum absolute atomic E-state index is 13.0. The van der Waals surface area contributed by atoms with Crippen LogP contribution < -0.4 is 0 Å². The highest BCUT2D eigenvalue weighted by Gasteiger charge is 2.66. The molecule has 1 aromatic carbocycles. The number of fused-ring (bicyclic) bond motifs is 2. The van der Waals surface area contributed by atoms with Crippen LogP contribution in [-0.4, -0.2) is 73.1 Å². The number of cyclic esters (lactones) is 3. The normalized spacial score (nSPS) is 31.3. The first-order chi connectivity index (χ1) is 16.7. The minimum Gasteiger partial charge on any atom is -0.458 e. The van der Waals surface area contributed by atoms with E-state index in [1.54, 1.807) is 30.3 Å². The van der Waals surface area contributed by atoms with Crippen LogP contribution in [0.4, 0.5) is 9.59 Å². The third-order valence-corrected chi connectivity index (χ3v) is 5.41. The molecule has 0 unspecified atom stereocenters. The number of ether oxygens (including phenoxy) is 8. The highest BCUT2D eigenvalue weighted by molar-refractivity contribution is 5.82. The van der Waals surface area contributed by atoms with Crippen LogP contribution in [-0.2, 0) is 58.9 Å². The van der Waals surface area contributed by atoms with E-state index < -0.39 is 72.9 Å². The van der Waals surface area contributed by atoms with Crippen LogP contribution in [0.1, 0.15) is 25.8 Å². The number of carbonyl (C=O) groups excluding carboxylic acids is 5. The average molecular weight is 494 g/mol. The molecule has 188 valence electrons. The van der Waals surface area contributed by atoms with Gasteiger partial charge < -0.3 is 37.9 Å².